The maximum Gasteiger partial charge on any atom is 0.326 e. The van der Waals surface area contributed by atoms with E-state index in [4.69, 9.17) is 18.9 Å². The Bertz CT molecular complexity index is 1460. The second-order valence-corrected chi connectivity index (χ2v) is 10.2. The van der Waals surface area contributed by atoms with Crippen LogP contribution in [0.3, 0.4) is 0 Å². The third-order valence-corrected chi connectivity index (χ3v) is 6.76. The number of amides is 1. The Morgan fingerprint density at radius 3 is 2.29 bits per heavy atom. The first-order valence-corrected chi connectivity index (χ1v) is 14.2. The number of carbonyl (C=O) groups is 2. The Morgan fingerprint density at radius 2 is 1.55 bits per heavy atom. The molecule has 1 unspecified atom stereocenters. The molecule has 8 nitrogen and oxygen atoms in total. The number of aliphatic carboxylic acids is 1. The molecule has 4 aromatic carbocycles. The van der Waals surface area contributed by atoms with E-state index in [1.165, 1.54) is 0 Å². The molecule has 0 saturated heterocycles. The Kier molecular flexibility index (Phi) is 11.5. The summed E-state index contributed by atoms with van der Waals surface area (Å²) in [6.07, 6.45) is 0.0983. The highest BCUT2D eigenvalue weighted by atomic mass is 79.9. The lowest BCUT2D eigenvalue weighted by Gasteiger charge is -2.17. The molecule has 0 heterocycles. The first kappa shape index (κ1) is 30.8. The number of ether oxygens (including phenoxy) is 4. The highest BCUT2D eigenvalue weighted by Crippen LogP contribution is 2.33. The fourth-order valence-corrected chi connectivity index (χ4v) is 4.52. The van der Waals surface area contributed by atoms with Crippen LogP contribution in [0.4, 0.5) is 0 Å². The molecule has 218 valence electrons. The Morgan fingerprint density at radius 1 is 0.833 bits per heavy atom. The minimum Gasteiger partial charge on any atom is -0.490 e. The molecule has 0 spiro atoms. The zero-order chi connectivity index (χ0) is 29.7. The average molecular weight is 635 g/mol. The Labute approximate surface area is 253 Å². The molecule has 1 amide bonds. The molecule has 0 radical (unpaired) electrons. The lowest BCUT2D eigenvalue weighted by molar-refractivity contribution is -0.139. The van der Waals surface area contributed by atoms with Gasteiger partial charge in [0, 0.05) is 23.6 Å². The summed E-state index contributed by atoms with van der Waals surface area (Å²) in [5, 5.41) is 12.6. The molecule has 0 aliphatic heterocycles. The number of benzene rings is 4. The van der Waals surface area contributed by atoms with Crippen molar-refractivity contribution in [2.45, 2.75) is 12.5 Å². The van der Waals surface area contributed by atoms with Gasteiger partial charge in [0.1, 0.15) is 29.9 Å². The quantitative estimate of drug-likeness (QED) is 0.146. The van der Waals surface area contributed by atoms with Crippen molar-refractivity contribution in [3.63, 3.8) is 0 Å². The SMILES string of the molecule is COCCOCCOc1ccc(Br)cc1C(=O)NC(Cc1ccc(-c2ccccc2Oc2ccccc2)cc1)C(=O)O. The van der Waals surface area contributed by atoms with Crippen LogP contribution in [0.1, 0.15) is 15.9 Å². The van der Waals surface area contributed by atoms with Crippen LogP contribution in [0.15, 0.2) is 102 Å². The van der Waals surface area contributed by atoms with Gasteiger partial charge in [-0.25, -0.2) is 4.79 Å². The largest absolute Gasteiger partial charge is 0.490 e. The van der Waals surface area contributed by atoms with Gasteiger partial charge in [0.05, 0.1) is 25.4 Å². The number of para-hydroxylation sites is 2. The maximum atomic E-state index is 13.2. The van der Waals surface area contributed by atoms with Crippen molar-refractivity contribution in [3.05, 3.63) is 113 Å². The fraction of sp³-hybridized carbons (Fsp3) is 0.212. The predicted molar refractivity (Wildman–Crippen MR) is 163 cm³/mol. The van der Waals surface area contributed by atoms with Crippen molar-refractivity contribution in [1.29, 1.82) is 0 Å². The number of halogens is 1. The first-order valence-electron chi connectivity index (χ1n) is 13.4. The summed E-state index contributed by atoms with van der Waals surface area (Å²) in [5.74, 6) is 0.0771. The molecule has 0 aromatic heterocycles. The number of carboxylic acid groups (broad SMARTS) is 1. The zero-order valence-corrected chi connectivity index (χ0v) is 24.7. The van der Waals surface area contributed by atoms with Crippen LogP contribution in [0.25, 0.3) is 11.1 Å². The monoisotopic (exact) mass is 633 g/mol. The van der Waals surface area contributed by atoms with E-state index < -0.39 is 17.9 Å². The standard InChI is InChI=1S/C33H32BrNO7/c1-39-17-18-40-19-20-41-30-16-15-25(34)22-28(30)32(36)35-29(33(37)38)21-23-11-13-24(14-12-23)27-9-5-6-10-31(27)42-26-7-3-2-4-8-26/h2-16,22,29H,17-21H2,1H3,(H,35,36)(H,37,38). The van der Waals surface area contributed by atoms with Gasteiger partial charge in [0.15, 0.2) is 0 Å². The number of hydrogen-bond donors (Lipinski definition) is 2. The molecule has 1 atom stereocenters. The number of hydrogen-bond acceptors (Lipinski definition) is 6. The minimum absolute atomic E-state index is 0.0983. The summed E-state index contributed by atoms with van der Waals surface area (Å²) in [5.41, 5.74) is 2.80. The number of nitrogens with one attached hydrogen (secondary N) is 1. The van der Waals surface area contributed by atoms with Crippen LogP contribution >= 0.6 is 15.9 Å². The van der Waals surface area contributed by atoms with E-state index in [2.05, 4.69) is 21.2 Å². The van der Waals surface area contributed by atoms with Crippen LogP contribution in [0, 0.1) is 0 Å². The topological polar surface area (TPSA) is 103 Å². The molecule has 4 aromatic rings. The molecular formula is C33H32BrNO7. The average Bonchev–Trinajstić information content (AvgIpc) is 3.00. The summed E-state index contributed by atoms with van der Waals surface area (Å²) < 4.78 is 22.9. The fourth-order valence-electron chi connectivity index (χ4n) is 4.16. The molecule has 0 aliphatic carbocycles. The Balaban J connectivity index is 1.43. The van der Waals surface area contributed by atoms with E-state index in [0.29, 0.717) is 35.8 Å². The minimum atomic E-state index is -1.15. The van der Waals surface area contributed by atoms with Crippen LogP contribution < -0.4 is 14.8 Å². The van der Waals surface area contributed by atoms with Gasteiger partial charge in [-0.05, 0) is 47.5 Å². The second-order valence-electron chi connectivity index (χ2n) is 9.27. The van der Waals surface area contributed by atoms with Crippen molar-refractivity contribution >= 4 is 27.8 Å². The van der Waals surface area contributed by atoms with Gasteiger partial charge < -0.3 is 29.4 Å². The lowest BCUT2D eigenvalue weighted by atomic mass is 9.99. The van der Waals surface area contributed by atoms with Crippen LogP contribution in [-0.2, 0) is 20.7 Å². The van der Waals surface area contributed by atoms with Gasteiger partial charge in [-0.1, -0.05) is 76.6 Å². The second kappa shape index (κ2) is 15.7. The highest BCUT2D eigenvalue weighted by molar-refractivity contribution is 9.10. The number of rotatable bonds is 15. The summed E-state index contributed by atoms with van der Waals surface area (Å²) in [6, 6.07) is 28.6. The lowest BCUT2D eigenvalue weighted by Crippen LogP contribution is -2.42. The van der Waals surface area contributed by atoms with Crippen LogP contribution in [0.5, 0.6) is 17.2 Å². The summed E-state index contributed by atoms with van der Waals surface area (Å²) in [4.78, 5) is 25.3. The normalized spacial score (nSPS) is 11.5. The number of carboxylic acids is 1. The van der Waals surface area contributed by atoms with E-state index in [1.807, 2.05) is 78.9 Å². The molecule has 0 saturated carbocycles. The molecule has 4 rings (SSSR count). The van der Waals surface area contributed by atoms with Gasteiger partial charge in [-0.3, -0.25) is 4.79 Å². The summed E-state index contributed by atoms with van der Waals surface area (Å²) in [7, 11) is 1.59. The van der Waals surface area contributed by atoms with Crippen LogP contribution in [0.2, 0.25) is 0 Å². The van der Waals surface area contributed by atoms with E-state index >= 15 is 0 Å². The molecular weight excluding hydrogens is 602 g/mol. The van der Waals surface area contributed by atoms with E-state index in [0.717, 1.165) is 22.4 Å². The molecule has 2 N–H and O–H groups in total. The first-order chi connectivity index (χ1) is 20.4. The maximum absolute atomic E-state index is 13.2. The van der Waals surface area contributed by atoms with Gasteiger partial charge >= 0.3 is 5.97 Å². The van der Waals surface area contributed by atoms with Crippen LogP contribution in [-0.4, -0.2) is 56.6 Å². The van der Waals surface area contributed by atoms with E-state index in [1.54, 1.807) is 25.3 Å². The number of methoxy groups -OCH3 is 1. The van der Waals surface area contributed by atoms with Crippen molar-refractivity contribution in [2.24, 2.45) is 0 Å². The van der Waals surface area contributed by atoms with Crippen molar-refractivity contribution in [2.75, 3.05) is 33.5 Å². The van der Waals surface area contributed by atoms with Gasteiger partial charge in [-0.2, -0.15) is 0 Å². The molecule has 0 bridgehead atoms. The van der Waals surface area contributed by atoms with Gasteiger partial charge in [-0.15, -0.1) is 0 Å². The molecule has 0 aliphatic rings. The van der Waals surface area contributed by atoms with E-state index in [-0.39, 0.29) is 18.6 Å². The van der Waals surface area contributed by atoms with Gasteiger partial charge in [0.2, 0.25) is 0 Å². The highest BCUT2D eigenvalue weighted by Gasteiger charge is 2.23. The van der Waals surface area contributed by atoms with Crippen molar-refractivity contribution in [1.82, 2.24) is 5.32 Å². The Hall–Kier alpha value is -4.18. The van der Waals surface area contributed by atoms with E-state index in [9.17, 15) is 14.7 Å². The summed E-state index contributed by atoms with van der Waals surface area (Å²) >= 11 is 3.37. The molecule has 0 fully saturated rings. The summed E-state index contributed by atoms with van der Waals surface area (Å²) in [6.45, 7) is 1.45. The van der Waals surface area contributed by atoms with Crippen molar-refractivity contribution in [3.8, 4) is 28.4 Å². The zero-order valence-electron chi connectivity index (χ0n) is 23.1. The predicted octanol–water partition coefficient (Wildman–Crippen LogP) is 6.38. The van der Waals surface area contributed by atoms with Crippen molar-refractivity contribution < 1.29 is 33.6 Å². The van der Waals surface area contributed by atoms with Gasteiger partial charge in [0.25, 0.3) is 5.91 Å². The molecule has 9 heteroatoms. The molecule has 42 heavy (non-hydrogen) atoms. The third kappa shape index (κ3) is 8.91. The smallest absolute Gasteiger partial charge is 0.326 e. The third-order valence-electron chi connectivity index (χ3n) is 6.27. The number of carbonyl (C=O) groups excluding carboxylic acids is 1.